The molecule has 1 aliphatic rings. The van der Waals surface area contributed by atoms with Gasteiger partial charge in [-0.3, -0.25) is 10.1 Å². The summed E-state index contributed by atoms with van der Waals surface area (Å²) in [6, 6.07) is 6.39. The molecule has 1 aromatic carbocycles. The third-order valence-corrected chi connectivity index (χ3v) is 3.60. The summed E-state index contributed by atoms with van der Waals surface area (Å²) in [5.41, 5.74) is 0.887. The molecule has 118 valence electrons. The lowest BCUT2D eigenvalue weighted by Gasteiger charge is -2.24. The summed E-state index contributed by atoms with van der Waals surface area (Å²) in [5, 5.41) is 3.19. The van der Waals surface area contributed by atoms with Crippen LogP contribution < -0.4 is 5.32 Å². The Bertz CT molecular complexity index is 500. The fourth-order valence-corrected chi connectivity index (χ4v) is 2.52. The van der Waals surface area contributed by atoms with E-state index in [1.54, 1.807) is 23.1 Å². The summed E-state index contributed by atoms with van der Waals surface area (Å²) in [6.07, 6.45) is -0.433. The highest BCUT2D eigenvalue weighted by Gasteiger charge is 2.43. The molecule has 1 N–H and O–H groups in total. The van der Waals surface area contributed by atoms with Crippen molar-refractivity contribution >= 4 is 29.9 Å². The average Bonchev–Trinajstić information content (AvgIpc) is 2.75. The van der Waals surface area contributed by atoms with Crippen molar-refractivity contribution in [1.82, 2.24) is 10.2 Å². The van der Waals surface area contributed by atoms with Crippen LogP contribution >= 0.6 is 24.0 Å². The molecule has 1 amide bonds. The van der Waals surface area contributed by atoms with E-state index in [1.807, 2.05) is 13.0 Å². The molecule has 1 heterocycles. The molecule has 0 bridgehead atoms. The molecule has 0 aromatic heterocycles. The molecule has 0 saturated carbocycles. The molecule has 1 saturated heterocycles. The number of nitrogens with one attached hydrogen (secondary N) is 1. The van der Waals surface area contributed by atoms with Gasteiger partial charge >= 0.3 is 0 Å². The summed E-state index contributed by atoms with van der Waals surface area (Å²) in [5.74, 6) is -3.08. The Labute approximate surface area is 134 Å². The number of likely N-dealkylation sites (N-methyl/N-ethyl adjacent to an activating group) is 1. The Kier molecular flexibility index (Phi) is 6.38. The Morgan fingerprint density at radius 2 is 2.24 bits per heavy atom. The van der Waals surface area contributed by atoms with Crippen LogP contribution in [-0.2, 0) is 11.3 Å². The molecule has 3 nitrogen and oxygen atoms in total. The van der Waals surface area contributed by atoms with Gasteiger partial charge in [0, 0.05) is 24.5 Å². The molecule has 2 rings (SSSR count). The number of benzene rings is 1. The molecule has 1 fully saturated rings. The molecule has 0 radical (unpaired) electrons. The highest BCUT2D eigenvalue weighted by Crippen LogP contribution is 2.26. The van der Waals surface area contributed by atoms with Gasteiger partial charge in [0.1, 0.15) is 0 Å². The summed E-state index contributed by atoms with van der Waals surface area (Å²) in [7, 11) is 0. The predicted octanol–water partition coefficient (Wildman–Crippen LogP) is 3.11. The maximum absolute atomic E-state index is 13.2. The second-order valence-corrected chi connectivity index (χ2v) is 5.41. The average molecular weight is 339 g/mol. The Balaban J connectivity index is 0.00000220. The molecule has 1 unspecified atom stereocenters. The van der Waals surface area contributed by atoms with Crippen molar-refractivity contribution in [3.63, 3.8) is 0 Å². The van der Waals surface area contributed by atoms with Gasteiger partial charge in [-0.25, -0.2) is 8.78 Å². The zero-order chi connectivity index (χ0) is 14.8. The van der Waals surface area contributed by atoms with Crippen molar-refractivity contribution < 1.29 is 13.6 Å². The zero-order valence-electron chi connectivity index (χ0n) is 11.6. The minimum Gasteiger partial charge on any atom is -0.337 e. The standard InChI is InChI=1S/C14H17ClF2N2O.ClH/c1-2-19(8-10-4-3-5-11(15)6-10)13(20)12-7-14(16,17)9-18-12;/h3-6,12,18H,2,7-9H2,1H3;1H. The first-order valence-electron chi connectivity index (χ1n) is 6.56. The van der Waals surface area contributed by atoms with E-state index >= 15 is 0 Å². The molecule has 1 atom stereocenters. The van der Waals surface area contributed by atoms with Crippen LogP contribution in [0.1, 0.15) is 18.9 Å². The third-order valence-electron chi connectivity index (χ3n) is 3.36. The van der Waals surface area contributed by atoms with Crippen LogP contribution in [0.25, 0.3) is 0 Å². The van der Waals surface area contributed by atoms with Gasteiger partial charge in [-0.2, -0.15) is 0 Å². The predicted molar refractivity (Wildman–Crippen MR) is 81.1 cm³/mol. The van der Waals surface area contributed by atoms with Crippen molar-refractivity contribution in [2.75, 3.05) is 13.1 Å². The van der Waals surface area contributed by atoms with Crippen molar-refractivity contribution in [3.8, 4) is 0 Å². The topological polar surface area (TPSA) is 32.3 Å². The van der Waals surface area contributed by atoms with Crippen LogP contribution in [0.15, 0.2) is 24.3 Å². The highest BCUT2D eigenvalue weighted by molar-refractivity contribution is 6.30. The number of amides is 1. The van der Waals surface area contributed by atoms with Crippen molar-refractivity contribution in [2.24, 2.45) is 0 Å². The van der Waals surface area contributed by atoms with Crippen LogP contribution in [0.3, 0.4) is 0 Å². The molecule has 7 heteroatoms. The van der Waals surface area contributed by atoms with E-state index in [9.17, 15) is 13.6 Å². The molecular formula is C14H18Cl2F2N2O. The summed E-state index contributed by atoms with van der Waals surface area (Å²) < 4.78 is 26.3. The fourth-order valence-electron chi connectivity index (χ4n) is 2.31. The number of hydrogen-bond acceptors (Lipinski definition) is 2. The summed E-state index contributed by atoms with van der Waals surface area (Å²) in [6.45, 7) is 2.24. The first-order valence-corrected chi connectivity index (χ1v) is 6.93. The van der Waals surface area contributed by atoms with Gasteiger partial charge in [-0.15, -0.1) is 12.4 Å². The van der Waals surface area contributed by atoms with Gasteiger partial charge < -0.3 is 4.90 Å². The Morgan fingerprint density at radius 3 is 2.76 bits per heavy atom. The second kappa shape index (κ2) is 7.38. The van der Waals surface area contributed by atoms with E-state index in [4.69, 9.17) is 11.6 Å². The molecular weight excluding hydrogens is 321 g/mol. The number of nitrogens with zero attached hydrogens (tertiary/aromatic N) is 1. The van der Waals surface area contributed by atoms with Crippen molar-refractivity contribution in [2.45, 2.75) is 31.9 Å². The van der Waals surface area contributed by atoms with Crippen molar-refractivity contribution in [1.29, 1.82) is 0 Å². The van der Waals surface area contributed by atoms with E-state index in [0.29, 0.717) is 18.1 Å². The van der Waals surface area contributed by atoms with Crippen LogP contribution in [0.5, 0.6) is 0 Å². The van der Waals surface area contributed by atoms with Gasteiger partial charge in [0.05, 0.1) is 12.6 Å². The quantitative estimate of drug-likeness (QED) is 0.914. The van der Waals surface area contributed by atoms with Gasteiger partial charge in [0.2, 0.25) is 5.91 Å². The van der Waals surface area contributed by atoms with E-state index < -0.39 is 24.9 Å². The number of carbonyl (C=O) groups is 1. The lowest BCUT2D eigenvalue weighted by atomic mass is 10.1. The van der Waals surface area contributed by atoms with Crippen molar-refractivity contribution in [3.05, 3.63) is 34.9 Å². The second-order valence-electron chi connectivity index (χ2n) is 4.98. The Morgan fingerprint density at radius 1 is 1.52 bits per heavy atom. The normalized spacial score (nSPS) is 19.9. The fraction of sp³-hybridized carbons (Fsp3) is 0.500. The molecule has 1 aromatic rings. The lowest BCUT2D eigenvalue weighted by Crippen LogP contribution is -2.43. The van der Waals surface area contributed by atoms with E-state index in [-0.39, 0.29) is 18.3 Å². The van der Waals surface area contributed by atoms with Crippen LogP contribution in [0, 0.1) is 0 Å². The summed E-state index contributed by atoms with van der Waals surface area (Å²) in [4.78, 5) is 13.8. The third kappa shape index (κ3) is 4.80. The first kappa shape index (κ1) is 18.1. The number of carbonyl (C=O) groups excluding carboxylic acids is 1. The smallest absolute Gasteiger partial charge is 0.262 e. The van der Waals surface area contributed by atoms with Crippen LogP contribution in [0.4, 0.5) is 8.78 Å². The molecule has 0 aliphatic carbocycles. The van der Waals surface area contributed by atoms with Gasteiger partial charge in [-0.1, -0.05) is 23.7 Å². The monoisotopic (exact) mass is 338 g/mol. The first-order chi connectivity index (χ1) is 9.41. The van der Waals surface area contributed by atoms with Crippen LogP contribution in [0.2, 0.25) is 5.02 Å². The number of hydrogen-bond donors (Lipinski definition) is 1. The zero-order valence-corrected chi connectivity index (χ0v) is 13.2. The molecule has 21 heavy (non-hydrogen) atoms. The van der Waals surface area contributed by atoms with Gasteiger partial charge in [0.25, 0.3) is 5.92 Å². The number of rotatable bonds is 4. The van der Waals surface area contributed by atoms with E-state index in [2.05, 4.69) is 5.32 Å². The van der Waals surface area contributed by atoms with E-state index in [1.165, 1.54) is 0 Å². The minimum absolute atomic E-state index is 0. The maximum atomic E-state index is 13.2. The van der Waals surface area contributed by atoms with Gasteiger partial charge in [0.15, 0.2) is 0 Å². The van der Waals surface area contributed by atoms with E-state index in [0.717, 1.165) is 5.56 Å². The molecule has 1 aliphatic heterocycles. The Hall–Kier alpha value is -0.910. The van der Waals surface area contributed by atoms with Crippen LogP contribution in [-0.4, -0.2) is 35.9 Å². The molecule has 0 spiro atoms. The largest absolute Gasteiger partial charge is 0.337 e. The maximum Gasteiger partial charge on any atom is 0.262 e. The SMILES string of the molecule is CCN(Cc1cccc(Cl)c1)C(=O)C1CC(F)(F)CN1.Cl. The minimum atomic E-state index is -2.80. The highest BCUT2D eigenvalue weighted by atomic mass is 35.5. The summed E-state index contributed by atoms with van der Waals surface area (Å²) >= 11 is 5.90. The number of alkyl halides is 2. The lowest BCUT2D eigenvalue weighted by molar-refractivity contribution is -0.134. The van der Waals surface area contributed by atoms with Gasteiger partial charge in [-0.05, 0) is 24.6 Å². The number of halogens is 4.